The summed E-state index contributed by atoms with van der Waals surface area (Å²) in [6, 6.07) is 0. The van der Waals surface area contributed by atoms with E-state index in [1.54, 1.807) is 0 Å². The lowest BCUT2D eigenvalue weighted by Gasteiger charge is -2.28. The lowest BCUT2D eigenvalue weighted by atomic mass is 9.84. The van der Waals surface area contributed by atoms with Crippen molar-refractivity contribution in [3.8, 4) is 0 Å². The highest BCUT2D eigenvalue weighted by Gasteiger charge is 2.27. The fraction of sp³-hybridized carbons (Fsp3) is 0.900. The van der Waals surface area contributed by atoms with Gasteiger partial charge in [-0.2, -0.15) is 0 Å². The molecule has 1 saturated heterocycles. The van der Waals surface area contributed by atoms with Gasteiger partial charge in [0.2, 0.25) is 5.91 Å². The normalized spacial score (nSPS) is 30.0. The highest BCUT2D eigenvalue weighted by molar-refractivity contribution is 5.79. The van der Waals surface area contributed by atoms with Crippen molar-refractivity contribution < 1.29 is 4.79 Å². The second kappa shape index (κ2) is 4.48. The molecule has 0 aliphatic carbocycles. The van der Waals surface area contributed by atoms with Crippen molar-refractivity contribution in [2.24, 2.45) is 11.8 Å². The highest BCUT2D eigenvalue weighted by atomic mass is 16.1. The van der Waals surface area contributed by atoms with Gasteiger partial charge in [0.05, 0.1) is 0 Å². The number of carbonyl (C=O) groups excluding carboxylic acids is 1. The van der Waals surface area contributed by atoms with Crippen LogP contribution in [-0.4, -0.2) is 12.5 Å². The molecule has 2 heteroatoms. The number of hydrogen-bond acceptors (Lipinski definition) is 1. The minimum absolute atomic E-state index is 0.280. The monoisotopic (exact) mass is 169 g/mol. The van der Waals surface area contributed by atoms with Crippen molar-refractivity contribution in [3.63, 3.8) is 0 Å². The zero-order valence-electron chi connectivity index (χ0n) is 8.10. The summed E-state index contributed by atoms with van der Waals surface area (Å²) in [6.45, 7) is 5.24. The van der Waals surface area contributed by atoms with E-state index in [0.29, 0.717) is 11.8 Å². The molecule has 0 spiro atoms. The molecule has 12 heavy (non-hydrogen) atoms. The van der Waals surface area contributed by atoms with E-state index in [1.807, 2.05) is 0 Å². The van der Waals surface area contributed by atoms with Gasteiger partial charge in [-0.25, -0.2) is 0 Å². The molecule has 0 aromatic carbocycles. The van der Waals surface area contributed by atoms with Crippen molar-refractivity contribution in [2.75, 3.05) is 6.54 Å². The van der Waals surface area contributed by atoms with Gasteiger partial charge >= 0.3 is 0 Å². The van der Waals surface area contributed by atoms with E-state index in [1.165, 1.54) is 12.8 Å². The first kappa shape index (κ1) is 9.56. The molecule has 1 aliphatic heterocycles. The molecule has 0 aromatic rings. The molecule has 1 rings (SSSR count). The van der Waals surface area contributed by atoms with Gasteiger partial charge in [0, 0.05) is 12.5 Å². The van der Waals surface area contributed by atoms with Crippen LogP contribution in [0, 0.1) is 11.8 Å². The number of hydrogen-bond donors (Lipinski definition) is 1. The van der Waals surface area contributed by atoms with Gasteiger partial charge in [-0.15, -0.1) is 0 Å². The summed E-state index contributed by atoms with van der Waals surface area (Å²) in [6.07, 6.45) is 4.60. The molecular weight excluding hydrogens is 150 g/mol. The fourth-order valence-corrected chi connectivity index (χ4v) is 1.85. The van der Waals surface area contributed by atoms with E-state index >= 15 is 0 Å². The average molecular weight is 169 g/mol. The van der Waals surface area contributed by atoms with Crippen LogP contribution in [0.25, 0.3) is 0 Å². The number of nitrogens with one attached hydrogen (secondary N) is 1. The first-order valence-electron chi connectivity index (χ1n) is 5.03. The molecule has 2 unspecified atom stereocenters. The van der Waals surface area contributed by atoms with Gasteiger partial charge in [0.25, 0.3) is 0 Å². The van der Waals surface area contributed by atoms with Gasteiger partial charge in [-0.3, -0.25) is 4.79 Å². The summed E-state index contributed by atoms with van der Waals surface area (Å²) < 4.78 is 0. The number of piperidine rings is 1. The fourth-order valence-electron chi connectivity index (χ4n) is 1.85. The molecule has 1 fully saturated rings. The predicted molar refractivity (Wildman–Crippen MR) is 49.8 cm³/mol. The van der Waals surface area contributed by atoms with Crippen LogP contribution >= 0.6 is 0 Å². The van der Waals surface area contributed by atoms with Crippen molar-refractivity contribution in [1.82, 2.24) is 5.32 Å². The SMILES string of the molecule is CCCCC1C(=O)NCCC1C. The Hall–Kier alpha value is -0.530. The number of rotatable bonds is 3. The largest absolute Gasteiger partial charge is 0.356 e. The lowest BCUT2D eigenvalue weighted by Crippen LogP contribution is -2.41. The molecular formula is C10H19NO. The van der Waals surface area contributed by atoms with Crippen LogP contribution in [0.2, 0.25) is 0 Å². The first-order valence-corrected chi connectivity index (χ1v) is 5.03. The summed E-state index contributed by atoms with van der Waals surface area (Å²) in [4.78, 5) is 11.4. The predicted octanol–water partition coefficient (Wildman–Crippen LogP) is 1.95. The molecule has 2 atom stereocenters. The molecule has 0 bridgehead atoms. The van der Waals surface area contributed by atoms with Crippen LogP contribution in [0.15, 0.2) is 0 Å². The van der Waals surface area contributed by atoms with Gasteiger partial charge in [-0.1, -0.05) is 26.7 Å². The maximum atomic E-state index is 11.4. The molecule has 1 aliphatic rings. The third-order valence-electron chi connectivity index (χ3n) is 2.79. The highest BCUT2D eigenvalue weighted by Crippen LogP contribution is 2.24. The molecule has 0 aromatic heterocycles. The Morgan fingerprint density at radius 3 is 2.92 bits per heavy atom. The lowest BCUT2D eigenvalue weighted by molar-refractivity contribution is -0.128. The third kappa shape index (κ3) is 2.23. The summed E-state index contributed by atoms with van der Waals surface area (Å²) in [5.74, 6) is 1.16. The Balaban J connectivity index is 2.40. The molecule has 0 radical (unpaired) electrons. The summed E-state index contributed by atoms with van der Waals surface area (Å²) in [7, 11) is 0. The zero-order valence-corrected chi connectivity index (χ0v) is 8.10. The summed E-state index contributed by atoms with van der Waals surface area (Å²) in [5, 5.41) is 2.93. The maximum Gasteiger partial charge on any atom is 0.223 e. The topological polar surface area (TPSA) is 29.1 Å². The summed E-state index contributed by atoms with van der Waals surface area (Å²) in [5.41, 5.74) is 0. The molecule has 0 saturated carbocycles. The average Bonchev–Trinajstić information content (AvgIpc) is 2.04. The van der Waals surface area contributed by atoms with Crippen LogP contribution in [0.4, 0.5) is 0 Å². The van der Waals surface area contributed by atoms with Crippen molar-refractivity contribution in [3.05, 3.63) is 0 Å². The number of unbranched alkanes of at least 4 members (excludes halogenated alkanes) is 1. The quantitative estimate of drug-likeness (QED) is 0.687. The Kier molecular flexibility index (Phi) is 3.57. The van der Waals surface area contributed by atoms with E-state index in [4.69, 9.17) is 0 Å². The van der Waals surface area contributed by atoms with Gasteiger partial charge in [-0.05, 0) is 18.8 Å². The van der Waals surface area contributed by atoms with E-state index in [0.717, 1.165) is 19.4 Å². The minimum atomic E-state index is 0.280. The Morgan fingerprint density at radius 2 is 2.33 bits per heavy atom. The van der Waals surface area contributed by atoms with Crippen LogP contribution in [0.3, 0.4) is 0 Å². The second-order valence-corrected chi connectivity index (χ2v) is 3.81. The van der Waals surface area contributed by atoms with E-state index in [2.05, 4.69) is 19.2 Å². The number of carbonyl (C=O) groups is 1. The minimum Gasteiger partial charge on any atom is -0.356 e. The molecule has 1 N–H and O–H groups in total. The van der Waals surface area contributed by atoms with E-state index in [-0.39, 0.29) is 5.91 Å². The van der Waals surface area contributed by atoms with E-state index < -0.39 is 0 Å². The van der Waals surface area contributed by atoms with Crippen LogP contribution in [0.5, 0.6) is 0 Å². The zero-order chi connectivity index (χ0) is 8.97. The smallest absolute Gasteiger partial charge is 0.223 e. The van der Waals surface area contributed by atoms with Crippen LogP contribution in [0.1, 0.15) is 39.5 Å². The van der Waals surface area contributed by atoms with Crippen LogP contribution < -0.4 is 5.32 Å². The van der Waals surface area contributed by atoms with E-state index in [9.17, 15) is 4.79 Å². The Morgan fingerprint density at radius 1 is 1.58 bits per heavy atom. The standard InChI is InChI=1S/C10H19NO/c1-3-4-5-9-8(2)6-7-11-10(9)12/h8-9H,3-7H2,1-2H3,(H,11,12). The maximum absolute atomic E-state index is 11.4. The Labute approximate surface area is 74.7 Å². The molecule has 1 heterocycles. The molecule has 1 amide bonds. The third-order valence-corrected chi connectivity index (χ3v) is 2.79. The molecule has 2 nitrogen and oxygen atoms in total. The molecule has 70 valence electrons. The number of amides is 1. The Bertz CT molecular complexity index is 156. The van der Waals surface area contributed by atoms with Crippen molar-refractivity contribution in [2.45, 2.75) is 39.5 Å². The van der Waals surface area contributed by atoms with Crippen LogP contribution in [-0.2, 0) is 4.79 Å². The second-order valence-electron chi connectivity index (χ2n) is 3.81. The summed E-state index contributed by atoms with van der Waals surface area (Å²) >= 11 is 0. The van der Waals surface area contributed by atoms with Crippen molar-refractivity contribution >= 4 is 5.91 Å². The van der Waals surface area contributed by atoms with Gasteiger partial charge < -0.3 is 5.32 Å². The van der Waals surface area contributed by atoms with Gasteiger partial charge in [0.1, 0.15) is 0 Å². The first-order chi connectivity index (χ1) is 5.75. The van der Waals surface area contributed by atoms with Crippen molar-refractivity contribution in [1.29, 1.82) is 0 Å². The van der Waals surface area contributed by atoms with Gasteiger partial charge in [0.15, 0.2) is 0 Å².